The standard InChI is InChI=1S/C21H25N7O4/c1-2-27-20(30)16(24-28(21(27)31)15-9-5-3-6-10-15)17-23-19(32-25-17)18(29)22-11-14-26-12-7-4-8-13-26/h3,5-6,9-10H,2,4,7-8,11-14H2,1H3,(H,22,29). The first-order chi connectivity index (χ1) is 15.6. The van der Waals surface area contributed by atoms with Crippen molar-refractivity contribution in [3.05, 3.63) is 57.1 Å². The number of carbonyl (C=O) groups is 1. The molecule has 0 unspecified atom stereocenters. The van der Waals surface area contributed by atoms with Crippen LogP contribution in [0.2, 0.25) is 0 Å². The maximum Gasteiger partial charge on any atom is 0.352 e. The normalized spacial score (nSPS) is 14.4. The molecule has 1 aliphatic heterocycles. The van der Waals surface area contributed by atoms with E-state index in [-0.39, 0.29) is 24.0 Å². The van der Waals surface area contributed by atoms with Gasteiger partial charge in [-0.3, -0.25) is 14.2 Å². The molecule has 0 bridgehead atoms. The number of nitrogens with zero attached hydrogens (tertiary/aromatic N) is 6. The number of rotatable bonds is 7. The lowest BCUT2D eigenvalue weighted by Crippen LogP contribution is -2.41. The predicted octanol–water partition coefficient (Wildman–Crippen LogP) is 0.680. The number of hydrogen-bond acceptors (Lipinski definition) is 8. The van der Waals surface area contributed by atoms with Crippen LogP contribution in [-0.2, 0) is 6.54 Å². The molecule has 0 spiro atoms. The number of para-hydroxylation sites is 1. The zero-order chi connectivity index (χ0) is 22.5. The molecule has 11 heteroatoms. The second kappa shape index (κ2) is 9.69. The lowest BCUT2D eigenvalue weighted by molar-refractivity contribution is 0.0903. The molecule has 1 N–H and O–H groups in total. The van der Waals surface area contributed by atoms with Gasteiger partial charge in [0.05, 0.1) is 5.69 Å². The van der Waals surface area contributed by atoms with E-state index in [2.05, 4.69) is 25.5 Å². The van der Waals surface area contributed by atoms with Crippen molar-refractivity contribution in [1.82, 2.24) is 34.7 Å². The van der Waals surface area contributed by atoms with Gasteiger partial charge >= 0.3 is 17.5 Å². The molecule has 11 nitrogen and oxygen atoms in total. The number of hydrogen-bond donors (Lipinski definition) is 1. The Balaban J connectivity index is 1.56. The number of carbonyl (C=O) groups excluding carboxylic acids is 1. The summed E-state index contributed by atoms with van der Waals surface area (Å²) >= 11 is 0. The van der Waals surface area contributed by atoms with Crippen LogP contribution in [0.1, 0.15) is 36.9 Å². The summed E-state index contributed by atoms with van der Waals surface area (Å²) in [7, 11) is 0. The molecular weight excluding hydrogens is 414 g/mol. The van der Waals surface area contributed by atoms with Gasteiger partial charge in [-0.2, -0.15) is 14.8 Å². The maximum atomic E-state index is 12.8. The zero-order valence-corrected chi connectivity index (χ0v) is 17.9. The molecule has 168 valence electrons. The smallest absolute Gasteiger partial charge is 0.347 e. The molecule has 32 heavy (non-hydrogen) atoms. The van der Waals surface area contributed by atoms with E-state index in [0.717, 1.165) is 28.9 Å². The van der Waals surface area contributed by atoms with Gasteiger partial charge in [-0.05, 0) is 45.0 Å². The lowest BCUT2D eigenvalue weighted by atomic mass is 10.1. The Bertz CT molecular complexity index is 1190. The summed E-state index contributed by atoms with van der Waals surface area (Å²) in [6, 6.07) is 8.71. The molecule has 1 saturated heterocycles. The van der Waals surface area contributed by atoms with Gasteiger partial charge in [0.2, 0.25) is 5.82 Å². The molecule has 1 amide bonds. The molecule has 0 radical (unpaired) electrons. The van der Waals surface area contributed by atoms with Gasteiger partial charge in [-0.15, -0.1) is 0 Å². The fraction of sp³-hybridized carbons (Fsp3) is 0.429. The number of nitrogens with one attached hydrogen (secondary N) is 1. The van der Waals surface area contributed by atoms with E-state index in [9.17, 15) is 14.4 Å². The first-order valence-electron chi connectivity index (χ1n) is 10.7. The second-order valence-electron chi connectivity index (χ2n) is 7.51. The molecule has 1 aromatic carbocycles. The van der Waals surface area contributed by atoms with Crippen molar-refractivity contribution in [2.24, 2.45) is 0 Å². The van der Waals surface area contributed by atoms with Gasteiger partial charge in [0.1, 0.15) is 0 Å². The fourth-order valence-corrected chi connectivity index (χ4v) is 3.67. The molecule has 3 aromatic rings. The number of amides is 1. The van der Waals surface area contributed by atoms with E-state index in [1.54, 1.807) is 37.3 Å². The molecule has 1 fully saturated rings. The van der Waals surface area contributed by atoms with E-state index < -0.39 is 17.2 Å². The Labute approximate surface area is 183 Å². The molecular formula is C21H25N7O4. The highest BCUT2D eigenvalue weighted by Crippen LogP contribution is 2.10. The van der Waals surface area contributed by atoms with Gasteiger partial charge in [-0.1, -0.05) is 29.8 Å². The highest BCUT2D eigenvalue weighted by atomic mass is 16.5. The monoisotopic (exact) mass is 439 g/mol. The van der Waals surface area contributed by atoms with Crippen LogP contribution in [0.15, 0.2) is 44.4 Å². The van der Waals surface area contributed by atoms with Crippen LogP contribution in [0, 0.1) is 0 Å². The van der Waals surface area contributed by atoms with Crippen LogP contribution in [-0.4, -0.2) is 61.5 Å². The summed E-state index contributed by atoms with van der Waals surface area (Å²) in [6.45, 7) is 5.09. The Morgan fingerprint density at radius 3 is 2.59 bits per heavy atom. The summed E-state index contributed by atoms with van der Waals surface area (Å²) in [5.41, 5.74) is -0.916. The molecule has 0 aliphatic carbocycles. The van der Waals surface area contributed by atoms with Crippen molar-refractivity contribution in [1.29, 1.82) is 0 Å². The molecule has 3 heterocycles. The predicted molar refractivity (Wildman–Crippen MR) is 116 cm³/mol. The number of piperidine rings is 1. The average Bonchev–Trinajstić information content (AvgIpc) is 3.31. The molecule has 1 aliphatic rings. The summed E-state index contributed by atoms with van der Waals surface area (Å²) in [5.74, 6) is -0.934. The third-order valence-corrected chi connectivity index (χ3v) is 5.37. The summed E-state index contributed by atoms with van der Waals surface area (Å²) in [5, 5.41) is 10.7. The quantitative estimate of drug-likeness (QED) is 0.569. The van der Waals surface area contributed by atoms with E-state index in [0.29, 0.717) is 12.2 Å². The number of likely N-dealkylation sites (tertiary alicyclic amines) is 1. The SMILES string of the molecule is CCn1c(=O)c(-c2noc(C(=O)NCCN3CCCCC3)n2)nn(-c2ccccc2)c1=O. The van der Waals surface area contributed by atoms with Crippen molar-refractivity contribution in [2.45, 2.75) is 32.7 Å². The topological polar surface area (TPSA) is 128 Å². The molecule has 0 saturated carbocycles. The van der Waals surface area contributed by atoms with Gasteiger partial charge in [0, 0.05) is 19.6 Å². The summed E-state index contributed by atoms with van der Waals surface area (Å²) < 4.78 is 7.20. The van der Waals surface area contributed by atoms with Crippen molar-refractivity contribution in [2.75, 3.05) is 26.2 Å². The second-order valence-corrected chi connectivity index (χ2v) is 7.51. The van der Waals surface area contributed by atoms with Crippen molar-refractivity contribution in [3.63, 3.8) is 0 Å². The first-order valence-corrected chi connectivity index (χ1v) is 10.7. The minimum Gasteiger partial charge on any atom is -0.347 e. The Hall–Kier alpha value is -3.60. The van der Waals surface area contributed by atoms with Crippen LogP contribution >= 0.6 is 0 Å². The molecule has 0 atom stereocenters. The fourth-order valence-electron chi connectivity index (χ4n) is 3.67. The third kappa shape index (κ3) is 4.52. The van der Waals surface area contributed by atoms with E-state index in [1.807, 2.05) is 0 Å². The van der Waals surface area contributed by atoms with Gasteiger partial charge in [-0.25, -0.2) is 4.79 Å². The average molecular weight is 439 g/mol. The van der Waals surface area contributed by atoms with E-state index >= 15 is 0 Å². The Morgan fingerprint density at radius 2 is 1.88 bits per heavy atom. The molecule has 4 rings (SSSR count). The maximum absolute atomic E-state index is 12.8. The Morgan fingerprint density at radius 1 is 1.12 bits per heavy atom. The van der Waals surface area contributed by atoms with Gasteiger partial charge in [0.15, 0.2) is 5.69 Å². The van der Waals surface area contributed by atoms with Crippen molar-refractivity contribution >= 4 is 5.91 Å². The molecule has 2 aromatic heterocycles. The highest BCUT2D eigenvalue weighted by molar-refractivity contribution is 5.89. The van der Waals surface area contributed by atoms with Crippen LogP contribution in [0.25, 0.3) is 17.2 Å². The van der Waals surface area contributed by atoms with Crippen LogP contribution in [0.5, 0.6) is 0 Å². The third-order valence-electron chi connectivity index (χ3n) is 5.37. The number of aromatic nitrogens is 5. The Kier molecular flexibility index (Phi) is 6.55. The minimum atomic E-state index is -0.650. The largest absolute Gasteiger partial charge is 0.352 e. The zero-order valence-electron chi connectivity index (χ0n) is 17.9. The highest BCUT2D eigenvalue weighted by Gasteiger charge is 2.22. The van der Waals surface area contributed by atoms with Crippen LogP contribution in [0.3, 0.4) is 0 Å². The first kappa shape index (κ1) is 21.6. The number of benzene rings is 1. The summed E-state index contributed by atoms with van der Waals surface area (Å²) in [6.07, 6.45) is 3.60. The lowest BCUT2D eigenvalue weighted by Gasteiger charge is -2.26. The van der Waals surface area contributed by atoms with Crippen LogP contribution in [0.4, 0.5) is 0 Å². The van der Waals surface area contributed by atoms with E-state index in [1.165, 1.54) is 19.3 Å². The minimum absolute atomic E-state index is 0.141. The summed E-state index contributed by atoms with van der Waals surface area (Å²) in [4.78, 5) is 44.2. The van der Waals surface area contributed by atoms with E-state index in [4.69, 9.17) is 4.52 Å². The van der Waals surface area contributed by atoms with Crippen LogP contribution < -0.4 is 16.6 Å². The van der Waals surface area contributed by atoms with Crippen molar-refractivity contribution in [3.8, 4) is 17.2 Å². The van der Waals surface area contributed by atoms with Gasteiger partial charge in [0.25, 0.3) is 5.56 Å². The van der Waals surface area contributed by atoms with Crippen molar-refractivity contribution < 1.29 is 9.32 Å². The van der Waals surface area contributed by atoms with Gasteiger partial charge < -0.3 is 14.7 Å².